The first-order valence-corrected chi connectivity index (χ1v) is 10.8. The average Bonchev–Trinajstić information content (AvgIpc) is 2.93. The monoisotopic (exact) mass is 404 g/mol. The quantitative estimate of drug-likeness (QED) is 0.457. The summed E-state index contributed by atoms with van der Waals surface area (Å²) in [6, 6.07) is 17.3. The first-order valence-electron chi connectivity index (χ1n) is 10.8. The molecule has 0 atom stereocenters. The molecule has 1 heterocycles. The van der Waals surface area contributed by atoms with Crippen LogP contribution in [0.3, 0.4) is 0 Å². The zero-order valence-electron chi connectivity index (χ0n) is 17.2. The van der Waals surface area contributed by atoms with Crippen LogP contribution in [0.1, 0.15) is 48.9 Å². The van der Waals surface area contributed by atoms with Gasteiger partial charge in [0.1, 0.15) is 12.3 Å². The number of hydrogen-bond donors (Lipinski definition) is 1. The number of para-hydroxylation sites is 2. The number of Topliss-reactive ketones (excluding diaryl/α,β-unsaturated/α-hetero) is 1. The summed E-state index contributed by atoms with van der Waals surface area (Å²) in [4.78, 5) is 25.5. The predicted molar refractivity (Wildman–Crippen MR) is 118 cm³/mol. The molecular weight excluding hydrogens is 376 g/mol. The molecule has 0 radical (unpaired) electrons. The summed E-state index contributed by atoms with van der Waals surface area (Å²) in [6.07, 6.45) is 8.76. The van der Waals surface area contributed by atoms with E-state index in [-0.39, 0.29) is 30.9 Å². The summed E-state index contributed by atoms with van der Waals surface area (Å²) in [7, 11) is 0. The highest BCUT2D eigenvalue weighted by molar-refractivity contribution is 6.09. The van der Waals surface area contributed by atoms with Crippen molar-refractivity contribution in [3.63, 3.8) is 0 Å². The van der Waals surface area contributed by atoms with E-state index in [0.717, 1.165) is 23.7 Å². The van der Waals surface area contributed by atoms with E-state index in [9.17, 15) is 9.59 Å². The molecule has 5 nitrogen and oxygen atoms in total. The smallest absolute Gasteiger partial charge is 0.240 e. The maximum Gasteiger partial charge on any atom is 0.240 e. The number of ether oxygens (including phenoxy) is 1. The molecule has 0 unspecified atom stereocenters. The number of nitrogens with zero attached hydrogens (tertiary/aromatic N) is 1. The lowest BCUT2D eigenvalue weighted by atomic mass is 10.1. The van der Waals surface area contributed by atoms with Crippen molar-refractivity contribution >= 4 is 22.6 Å². The summed E-state index contributed by atoms with van der Waals surface area (Å²) >= 11 is 0. The minimum absolute atomic E-state index is 0.00203. The van der Waals surface area contributed by atoms with Crippen LogP contribution in [0.5, 0.6) is 5.75 Å². The van der Waals surface area contributed by atoms with Gasteiger partial charge in [0.15, 0.2) is 6.61 Å². The Bertz CT molecular complexity index is 1000. The number of carbonyl (C=O) groups excluding carboxylic acids is 2. The number of benzene rings is 2. The van der Waals surface area contributed by atoms with Crippen LogP contribution in [0.25, 0.3) is 10.9 Å². The highest BCUT2D eigenvalue weighted by Crippen LogP contribution is 2.23. The highest BCUT2D eigenvalue weighted by atomic mass is 16.5. The van der Waals surface area contributed by atoms with Gasteiger partial charge in [-0.25, -0.2) is 0 Å². The molecule has 156 valence electrons. The summed E-state index contributed by atoms with van der Waals surface area (Å²) < 4.78 is 7.51. The minimum atomic E-state index is -0.0991. The van der Waals surface area contributed by atoms with Crippen LogP contribution in [0.4, 0.5) is 0 Å². The van der Waals surface area contributed by atoms with E-state index in [1.54, 1.807) is 6.20 Å². The van der Waals surface area contributed by atoms with Gasteiger partial charge < -0.3 is 14.6 Å². The Morgan fingerprint density at radius 1 is 0.933 bits per heavy atom. The molecule has 1 saturated carbocycles. The molecule has 0 bridgehead atoms. The van der Waals surface area contributed by atoms with Crippen molar-refractivity contribution in [2.45, 2.75) is 51.1 Å². The van der Waals surface area contributed by atoms with Crippen LogP contribution < -0.4 is 10.1 Å². The van der Waals surface area contributed by atoms with E-state index < -0.39 is 0 Å². The first kappa shape index (κ1) is 20.2. The third-order valence-electron chi connectivity index (χ3n) is 5.74. The van der Waals surface area contributed by atoms with Crippen molar-refractivity contribution in [2.75, 3.05) is 6.61 Å². The normalized spacial score (nSPS) is 14.9. The third kappa shape index (κ3) is 4.90. The molecule has 0 aliphatic heterocycles. The lowest BCUT2D eigenvalue weighted by Crippen LogP contribution is -2.36. The lowest BCUT2D eigenvalue weighted by molar-refractivity contribution is -0.122. The van der Waals surface area contributed by atoms with Gasteiger partial charge in [-0.3, -0.25) is 9.59 Å². The molecule has 1 fully saturated rings. The Balaban J connectivity index is 1.47. The zero-order chi connectivity index (χ0) is 20.8. The molecule has 0 saturated heterocycles. The Morgan fingerprint density at radius 2 is 1.63 bits per heavy atom. The number of hydrogen-bond acceptors (Lipinski definition) is 3. The number of aromatic nitrogens is 1. The number of ketones is 1. The molecule has 30 heavy (non-hydrogen) atoms. The van der Waals surface area contributed by atoms with Crippen molar-refractivity contribution in [3.8, 4) is 5.75 Å². The van der Waals surface area contributed by atoms with Crippen LogP contribution >= 0.6 is 0 Å². The van der Waals surface area contributed by atoms with Gasteiger partial charge >= 0.3 is 0 Å². The van der Waals surface area contributed by atoms with Gasteiger partial charge in [-0.2, -0.15) is 0 Å². The first-order chi connectivity index (χ1) is 14.7. The third-order valence-corrected chi connectivity index (χ3v) is 5.74. The largest absolute Gasteiger partial charge is 0.485 e. The molecule has 5 heteroatoms. The van der Waals surface area contributed by atoms with E-state index in [4.69, 9.17) is 4.74 Å². The molecule has 1 N–H and O–H groups in total. The number of nitrogens with one attached hydrogen (secondary N) is 1. The van der Waals surface area contributed by atoms with E-state index in [0.29, 0.717) is 11.3 Å². The van der Waals surface area contributed by atoms with Crippen LogP contribution in [-0.4, -0.2) is 28.9 Å². The van der Waals surface area contributed by atoms with Crippen molar-refractivity contribution in [3.05, 3.63) is 66.4 Å². The van der Waals surface area contributed by atoms with Crippen LogP contribution in [0.2, 0.25) is 0 Å². The zero-order valence-corrected chi connectivity index (χ0v) is 17.2. The second-order valence-electron chi connectivity index (χ2n) is 7.97. The number of amides is 1. The number of carbonyl (C=O) groups is 2. The summed E-state index contributed by atoms with van der Waals surface area (Å²) in [5.74, 6) is 0.567. The van der Waals surface area contributed by atoms with Gasteiger partial charge in [0, 0.05) is 28.7 Å². The Hall–Kier alpha value is -3.08. The fraction of sp³-hybridized carbons (Fsp3) is 0.360. The van der Waals surface area contributed by atoms with E-state index >= 15 is 0 Å². The van der Waals surface area contributed by atoms with Gasteiger partial charge in [0.05, 0.1) is 0 Å². The predicted octanol–water partition coefficient (Wildman–Crippen LogP) is 4.74. The molecular formula is C25H28N2O3. The highest BCUT2D eigenvalue weighted by Gasteiger charge is 2.19. The molecule has 1 amide bonds. The van der Waals surface area contributed by atoms with Crippen LogP contribution in [-0.2, 0) is 11.3 Å². The summed E-state index contributed by atoms with van der Waals surface area (Å²) in [5.41, 5.74) is 1.47. The van der Waals surface area contributed by atoms with Gasteiger partial charge in [0.25, 0.3) is 0 Å². The van der Waals surface area contributed by atoms with Crippen LogP contribution in [0.15, 0.2) is 60.8 Å². The molecule has 0 spiro atoms. The fourth-order valence-corrected chi connectivity index (χ4v) is 4.19. The van der Waals surface area contributed by atoms with Gasteiger partial charge in [-0.1, -0.05) is 62.1 Å². The number of fused-ring (bicyclic) bond motifs is 1. The summed E-state index contributed by atoms with van der Waals surface area (Å²) in [5, 5.41) is 4.04. The van der Waals surface area contributed by atoms with Crippen LogP contribution in [0, 0.1) is 0 Å². The lowest BCUT2D eigenvalue weighted by Gasteiger charge is -2.16. The van der Waals surface area contributed by atoms with Gasteiger partial charge in [-0.15, -0.1) is 0 Å². The molecule has 3 aromatic rings. The van der Waals surface area contributed by atoms with Crippen molar-refractivity contribution in [2.24, 2.45) is 0 Å². The standard InChI is InChI=1S/C25H28N2O3/c28-24(18-30-20-12-6-3-7-13-20)22-16-27(23-15-9-8-14-21(22)23)17-25(29)26-19-10-4-1-2-5-11-19/h3,6-9,12-16,19H,1-2,4-5,10-11,17-18H2,(H,26,29). The summed E-state index contributed by atoms with van der Waals surface area (Å²) in [6.45, 7) is 0.177. The molecule has 1 aliphatic rings. The van der Waals surface area contributed by atoms with Gasteiger partial charge in [0.2, 0.25) is 11.7 Å². The van der Waals surface area contributed by atoms with E-state index in [2.05, 4.69) is 5.32 Å². The average molecular weight is 405 g/mol. The second-order valence-corrected chi connectivity index (χ2v) is 7.97. The molecule has 4 rings (SSSR count). The Morgan fingerprint density at radius 3 is 2.40 bits per heavy atom. The molecule has 1 aliphatic carbocycles. The second kappa shape index (κ2) is 9.61. The van der Waals surface area contributed by atoms with Gasteiger partial charge in [-0.05, 0) is 31.0 Å². The SMILES string of the molecule is O=C(Cn1cc(C(=O)COc2ccccc2)c2ccccc21)NC1CCCCCC1. The Kier molecular flexibility index (Phi) is 6.47. The fourth-order valence-electron chi connectivity index (χ4n) is 4.19. The maximum absolute atomic E-state index is 12.8. The molecule has 2 aromatic carbocycles. The van der Waals surface area contributed by atoms with E-state index in [1.807, 2.05) is 59.2 Å². The minimum Gasteiger partial charge on any atom is -0.485 e. The van der Waals surface area contributed by atoms with Crippen molar-refractivity contribution in [1.29, 1.82) is 0 Å². The molecule has 1 aromatic heterocycles. The Labute approximate surface area is 177 Å². The van der Waals surface area contributed by atoms with Crippen molar-refractivity contribution in [1.82, 2.24) is 9.88 Å². The topological polar surface area (TPSA) is 60.3 Å². The maximum atomic E-state index is 12.8. The van der Waals surface area contributed by atoms with E-state index in [1.165, 1.54) is 25.7 Å². The number of rotatable bonds is 7. The van der Waals surface area contributed by atoms with Crippen molar-refractivity contribution < 1.29 is 14.3 Å².